The van der Waals surface area contributed by atoms with E-state index >= 15 is 0 Å². The highest BCUT2D eigenvalue weighted by molar-refractivity contribution is 5.96. The van der Waals surface area contributed by atoms with E-state index in [0.717, 1.165) is 12.8 Å². The number of carbonyl (C=O) groups is 3. The van der Waals surface area contributed by atoms with Gasteiger partial charge in [0, 0.05) is 18.7 Å². The Morgan fingerprint density at radius 2 is 1.70 bits per heavy atom. The molecular weight excluding hydrogens is 298 g/mol. The third kappa shape index (κ3) is 8.45. The fourth-order valence-electron chi connectivity index (χ4n) is 1.64. The summed E-state index contributed by atoms with van der Waals surface area (Å²) in [6.07, 6.45) is 1.29. The van der Waals surface area contributed by atoms with Gasteiger partial charge in [-0.1, -0.05) is 31.5 Å². The number of amides is 3. The van der Waals surface area contributed by atoms with E-state index < -0.39 is 6.09 Å². The zero-order valence-corrected chi connectivity index (χ0v) is 13.3. The van der Waals surface area contributed by atoms with Gasteiger partial charge in [-0.05, 0) is 18.6 Å². The first-order valence-corrected chi connectivity index (χ1v) is 7.64. The van der Waals surface area contributed by atoms with Crippen molar-refractivity contribution < 1.29 is 19.1 Å². The standard InChI is InChI=1S/C16H23N3O4/c1-2-3-11-23-16(22)18-10-9-17-14(20)12-19-15(21)13-7-5-4-6-8-13/h4-8H,2-3,9-12H2,1H3,(H,17,20)(H,18,22)(H,19,21). The summed E-state index contributed by atoms with van der Waals surface area (Å²) in [5, 5.41) is 7.63. The molecule has 3 N–H and O–H groups in total. The molecule has 0 bridgehead atoms. The molecule has 0 radical (unpaired) electrons. The van der Waals surface area contributed by atoms with Gasteiger partial charge in [0.05, 0.1) is 13.2 Å². The monoisotopic (exact) mass is 321 g/mol. The van der Waals surface area contributed by atoms with Crippen molar-refractivity contribution in [2.75, 3.05) is 26.2 Å². The van der Waals surface area contributed by atoms with Crippen molar-refractivity contribution in [1.82, 2.24) is 16.0 Å². The maximum Gasteiger partial charge on any atom is 0.407 e. The maximum absolute atomic E-state index is 11.7. The van der Waals surface area contributed by atoms with E-state index in [1.54, 1.807) is 24.3 Å². The molecule has 0 aliphatic rings. The molecule has 0 saturated heterocycles. The molecule has 3 amide bonds. The SMILES string of the molecule is CCCCOC(=O)NCCNC(=O)CNC(=O)c1ccccc1. The number of hydrogen-bond donors (Lipinski definition) is 3. The molecule has 0 heterocycles. The lowest BCUT2D eigenvalue weighted by atomic mass is 10.2. The van der Waals surface area contributed by atoms with Crippen LogP contribution in [0.2, 0.25) is 0 Å². The van der Waals surface area contributed by atoms with E-state index in [9.17, 15) is 14.4 Å². The van der Waals surface area contributed by atoms with Crippen molar-refractivity contribution in [1.29, 1.82) is 0 Å². The van der Waals surface area contributed by atoms with Crippen LogP contribution < -0.4 is 16.0 Å². The maximum atomic E-state index is 11.7. The molecule has 0 atom stereocenters. The number of hydrogen-bond acceptors (Lipinski definition) is 4. The van der Waals surface area contributed by atoms with E-state index in [4.69, 9.17) is 4.74 Å². The average Bonchev–Trinajstić information content (AvgIpc) is 2.57. The molecule has 0 aliphatic carbocycles. The second kappa shape index (κ2) is 11.1. The van der Waals surface area contributed by atoms with Gasteiger partial charge in [0.1, 0.15) is 0 Å². The number of nitrogens with one attached hydrogen (secondary N) is 3. The van der Waals surface area contributed by atoms with Crippen LogP contribution in [0.15, 0.2) is 30.3 Å². The first kappa shape index (κ1) is 18.5. The molecule has 0 fully saturated rings. The van der Waals surface area contributed by atoms with E-state index in [1.807, 2.05) is 13.0 Å². The Balaban J connectivity index is 2.08. The van der Waals surface area contributed by atoms with Gasteiger partial charge in [0.15, 0.2) is 0 Å². The Kier molecular flexibility index (Phi) is 8.88. The summed E-state index contributed by atoms with van der Waals surface area (Å²) in [6, 6.07) is 8.65. The molecular formula is C16H23N3O4. The number of alkyl carbamates (subject to hydrolysis) is 1. The van der Waals surface area contributed by atoms with Crippen molar-refractivity contribution in [3.63, 3.8) is 0 Å². The van der Waals surface area contributed by atoms with Gasteiger partial charge >= 0.3 is 6.09 Å². The van der Waals surface area contributed by atoms with Crippen molar-refractivity contribution in [2.24, 2.45) is 0 Å². The average molecular weight is 321 g/mol. The third-order valence-corrected chi connectivity index (χ3v) is 2.89. The predicted molar refractivity (Wildman–Crippen MR) is 86.0 cm³/mol. The second-order valence-corrected chi connectivity index (χ2v) is 4.81. The predicted octanol–water partition coefficient (Wildman–Crippen LogP) is 1.06. The molecule has 0 aliphatic heterocycles. The molecule has 1 aromatic rings. The number of benzene rings is 1. The summed E-state index contributed by atoms with van der Waals surface area (Å²) < 4.78 is 4.90. The summed E-state index contributed by atoms with van der Waals surface area (Å²) in [4.78, 5) is 34.5. The third-order valence-electron chi connectivity index (χ3n) is 2.89. The van der Waals surface area contributed by atoms with Gasteiger partial charge in [0.2, 0.25) is 5.91 Å². The minimum absolute atomic E-state index is 0.116. The summed E-state index contributed by atoms with van der Waals surface area (Å²) in [7, 11) is 0. The van der Waals surface area contributed by atoms with Gasteiger partial charge in [0.25, 0.3) is 5.91 Å². The summed E-state index contributed by atoms with van der Waals surface area (Å²) in [5.41, 5.74) is 0.497. The minimum atomic E-state index is -0.495. The normalized spacial score (nSPS) is 9.78. The van der Waals surface area contributed by atoms with Crippen LogP contribution in [-0.4, -0.2) is 44.1 Å². The number of carbonyl (C=O) groups excluding carboxylic acids is 3. The van der Waals surface area contributed by atoms with E-state index in [2.05, 4.69) is 16.0 Å². The highest BCUT2D eigenvalue weighted by atomic mass is 16.5. The lowest BCUT2D eigenvalue weighted by Gasteiger charge is -2.08. The lowest BCUT2D eigenvalue weighted by Crippen LogP contribution is -2.40. The molecule has 7 heteroatoms. The van der Waals surface area contributed by atoms with Crippen molar-refractivity contribution >= 4 is 17.9 Å². The minimum Gasteiger partial charge on any atom is -0.450 e. The number of rotatable bonds is 9. The van der Waals surface area contributed by atoms with Crippen LogP contribution in [0.4, 0.5) is 4.79 Å². The molecule has 1 rings (SSSR count). The Morgan fingerprint density at radius 3 is 2.39 bits per heavy atom. The zero-order chi connectivity index (χ0) is 16.9. The van der Waals surface area contributed by atoms with Gasteiger partial charge in [-0.25, -0.2) is 4.79 Å². The molecule has 0 spiro atoms. The quantitative estimate of drug-likeness (QED) is 0.593. The highest BCUT2D eigenvalue weighted by Gasteiger charge is 2.07. The first-order valence-electron chi connectivity index (χ1n) is 7.64. The molecule has 0 saturated carbocycles. The fraction of sp³-hybridized carbons (Fsp3) is 0.438. The van der Waals surface area contributed by atoms with E-state index in [0.29, 0.717) is 12.2 Å². The van der Waals surface area contributed by atoms with Gasteiger partial charge in [-0.2, -0.15) is 0 Å². The van der Waals surface area contributed by atoms with E-state index in [-0.39, 0.29) is 31.4 Å². The summed E-state index contributed by atoms with van der Waals surface area (Å²) in [5.74, 6) is -0.631. The van der Waals surface area contributed by atoms with Crippen LogP contribution in [0.1, 0.15) is 30.1 Å². The second-order valence-electron chi connectivity index (χ2n) is 4.81. The smallest absolute Gasteiger partial charge is 0.407 e. The highest BCUT2D eigenvalue weighted by Crippen LogP contribution is 1.97. The van der Waals surface area contributed by atoms with Crippen molar-refractivity contribution in [2.45, 2.75) is 19.8 Å². The summed E-state index contributed by atoms with van der Waals surface area (Å²) in [6.45, 7) is 2.81. The lowest BCUT2D eigenvalue weighted by molar-refractivity contribution is -0.120. The Labute approximate surface area is 135 Å². The van der Waals surface area contributed by atoms with Crippen molar-refractivity contribution in [3.8, 4) is 0 Å². The van der Waals surface area contributed by atoms with E-state index in [1.165, 1.54) is 0 Å². The van der Waals surface area contributed by atoms with Crippen LogP contribution in [0, 0.1) is 0 Å². The van der Waals surface area contributed by atoms with Gasteiger partial charge < -0.3 is 20.7 Å². The molecule has 7 nitrogen and oxygen atoms in total. The molecule has 126 valence electrons. The molecule has 23 heavy (non-hydrogen) atoms. The molecule has 0 unspecified atom stereocenters. The Bertz CT molecular complexity index is 505. The molecule has 0 aromatic heterocycles. The van der Waals surface area contributed by atoms with Crippen LogP contribution in [0.5, 0.6) is 0 Å². The van der Waals surface area contributed by atoms with Crippen LogP contribution >= 0.6 is 0 Å². The first-order chi connectivity index (χ1) is 11.1. The van der Waals surface area contributed by atoms with Crippen LogP contribution in [-0.2, 0) is 9.53 Å². The summed E-state index contributed by atoms with van der Waals surface area (Å²) >= 11 is 0. The Hall–Kier alpha value is -2.57. The Morgan fingerprint density at radius 1 is 1.00 bits per heavy atom. The van der Waals surface area contributed by atoms with Crippen LogP contribution in [0.25, 0.3) is 0 Å². The number of ether oxygens (including phenoxy) is 1. The molecule has 1 aromatic carbocycles. The fourth-order valence-corrected chi connectivity index (χ4v) is 1.64. The van der Waals surface area contributed by atoms with Crippen molar-refractivity contribution in [3.05, 3.63) is 35.9 Å². The largest absolute Gasteiger partial charge is 0.450 e. The number of unbranched alkanes of at least 4 members (excludes halogenated alkanes) is 1. The van der Waals surface area contributed by atoms with Gasteiger partial charge in [-0.15, -0.1) is 0 Å². The zero-order valence-electron chi connectivity index (χ0n) is 13.3. The van der Waals surface area contributed by atoms with Gasteiger partial charge in [-0.3, -0.25) is 9.59 Å². The van der Waals surface area contributed by atoms with Crippen LogP contribution in [0.3, 0.4) is 0 Å². The topological polar surface area (TPSA) is 96.5 Å².